The molecule has 2 N–H and O–H groups in total. The van der Waals surface area contributed by atoms with Gasteiger partial charge in [0.15, 0.2) is 0 Å². The van der Waals surface area contributed by atoms with Gasteiger partial charge in [0.05, 0.1) is 0 Å². The van der Waals surface area contributed by atoms with Gasteiger partial charge in [0.1, 0.15) is 6.04 Å². The Labute approximate surface area is 116 Å². The molecule has 0 heterocycles. The Morgan fingerprint density at radius 1 is 1.16 bits per heavy atom. The lowest BCUT2D eigenvalue weighted by atomic mass is 10.0. The van der Waals surface area contributed by atoms with Crippen molar-refractivity contribution in [3.63, 3.8) is 0 Å². The second-order valence-corrected chi connectivity index (χ2v) is 5.23. The third kappa shape index (κ3) is 5.94. The molecule has 0 saturated carbocycles. The van der Waals surface area contributed by atoms with Crippen molar-refractivity contribution >= 4 is 12.0 Å². The van der Waals surface area contributed by atoms with Crippen molar-refractivity contribution < 1.29 is 14.7 Å². The number of nitrogens with one attached hydrogen (secondary N) is 1. The molecule has 0 aromatic carbocycles. The number of amides is 2. The van der Waals surface area contributed by atoms with E-state index in [0.717, 1.165) is 12.8 Å². The molecule has 112 valence electrons. The summed E-state index contributed by atoms with van der Waals surface area (Å²) in [6.45, 7) is 11.0. The van der Waals surface area contributed by atoms with Gasteiger partial charge in [0, 0.05) is 13.1 Å². The topological polar surface area (TPSA) is 69.6 Å². The molecule has 0 unspecified atom stereocenters. The molecule has 0 rings (SSSR count). The molecule has 0 fully saturated rings. The first kappa shape index (κ1) is 17.7. The minimum Gasteiger partial charge on any atom is -0.480 e. The highest BCUT2D eigenvalue weighted by Gasteiger charge is 2.26. The smallest absolute Gasteiger partial charge is 0.326 e. The molecule has 0 aromatic rings. The van der Waals surface area contributed by atoms with E-state index in [2.05, 4.69) is 19.2 Å². The summed E-state index contributed by atoms with van der Waals surface area (Å²) in [7, 11) is 0. The van der Waals surface area contributed by atoms with E-state index in [-0.39, 0.29) is 11.9 Å². The zero-order valence-corrected chi connectivity index (χ0v) is 12.8. The zero-order chi connectivity index (χ0) is 15.0. The Morgan fingerprint density at radius 2 is 1.68 bits per heavy atom. The van der Waals surface area contributed by atoms with Gasteiger partial charge in [0.25, 0.3) is 0 Å². The summed E-state index contributed by atoms with van der Waals surface area (Å²) in [5.74, 6) is -0.650. The maximum absolute atomic E-state index is 12.1. The number of rotatable bonds is 8. The Bertz CT molecular complexity index is 288. The first-order valence-electron chi connectivity index (χ1n) is 7.15. The number of aliphatic carboxylic acids is 1. The molecule has 0 aromatic heterocycles. The molecule has 0 aliphatic carbocycles. The van der Waals surface area contributed by atoms with Crippen molar-refractivity contribution in [1.82, 2.24) is 10.2 Å². The molecular formula is C14H28N2O3. The van der Waals surface area contributed by atoms with Crippen LogP contribution in [0.2, 0.25) is 0 Å². The van der Waals surface area contributed by atoms with Gasteiger partial charge in [-0.1, -0.05) is 40.5 Å². The summed E-state index contributed by atoms with van der Waals surface area (Å²) < 4.78 is 0. The normalized spacial score (nSPS) is 12.6. The van der Waals surface area contributed by atoms with Crippen molar-refractivity contribution in [3.05, 3.63) is 0 Å². The number of carbonyl (C=O) groups is 2. The summed E-state index contributed by atoms with van der Waals surface area (Å²) >= 11 is 0. The third-order valence-corrected chi connectivity index (χ3v) is 3.51. The van der Waals surface area contributed by atoms with Crippen molar-refractivity contribution in [3.8, 4) is 0 Å². The fraction of sp³-hybridized carbons (Fsp3) is 0.857. The molecule has 5 nitrogen and oxygen atoms in total. The van der Waals surface area contributed by atoms with E-state index in [1.54, 1.807) is 18.7 Å². The number of nitrogens with zero attached hydrogens (tertiary/aromatic N) is 1. The maximum atomic E-state index is 12.1. The van der Waals surface area contributed by atoms with Crippen molar-refractivity contribution in [2.24, 2.45) is 11.8 Å². The van der Waals surface area contributed by atoms with Crippen LogP contribution < -0.4 is 5.32 Å². The second-order valence-electron chi connectivity index (χ2n) is 5.23. The standard InChI is InChI=1S/C14H28N2O3/c1-6-11(7-2)9-16(8-3)14(19)15-12(10(4)5)13(17)18/h10-12H,6-9H2,1-5H3,(H,15,19)(H,17,18)/t12-/m0/s1. The van der Waals surface area contributed by atoms with Crippen LogP contribution in [-0.4, -0.2) is 41.1 Å². The molecule has 1 atom stereocenters. The molecular weight excluding hydrogens is 244 g/mol. The van der Waals surface area contributed by atoms with Gasteiger partial charge in [-0.15, -0.1) is 0 Å². The molecule has 2 amide bonds. The lowest BCUT2D eigenvalue weighted by Gasteiger charge is -2.28. The minimum absolute atomic E-state index is 0.131. The van der Waals surface area contributed by atoms with Gasteiger partial charge < -0.3 is 15.3 Å². The van der Waals surface area contributed by atoms with Gasteiger partial charge >= 0.3 is 12.0 Å². The summed E-state index contributed by atoms with van der Waals surface area (Å²) in [5.41, 5.74) is 0. The lowest BCUT2D eigenvalue weighted by Crippen LogP contribution is -2.51. The summed E-state index contributed by atoms with van der Waals surface area (Å²) in [4.78, 5) is 24.9. The summed E-state index contributed by atoms with van der Waals surface area (Å²) in [6, 6.07) is -1.11. The maximum Gasteiger partial charge on any atom is 0.326 e. The number of carboxylic acids is 1. The molecule has 5 heteroatoms. The van der Waals surface area contributed by atoms with Crippen LogP contribution in [0, 0.1) is 11.8 Å². The minimum atomic E-state index is -0.984. The SMILES string of the molecule is CCC(CC)CN(CC)C(=O)N[C@H](C(=O)O)C(C)C. The predicted molar refractivity (Wildman–Crippen MR) is 76.1 cm³/mol. The van der Waals surface area contributed by atoms with Crippen LogP contribution in [0.25, 0.3) is 0 Å². The molecule has 19 heavy (non-hydrogen) atoms. The zero-order valence-electron chi connectivity index (χ0n) is 12.8. The molecule has 0 radical (unpaired) electrons. The highest BCUT2D eigenvalue weighted by molar-refractivity contribution is 5.82. The van der Waals surface area contributed by atoms with Gasteiger partial charge in [-0.3, -0.25) is 0 Å². The third-order valence-electron chi connectivity index (χ3n) is 3.51. The fourth-order valence-electron chi connectivity index (χ4n) is 1.95. The van der Waals surface area contributed by atoms with Gasteiger partial charge in [0.2, 0.25) is 0 Å². The lowest BCUT2D eigenvalue weighted by molar-refractivity contribution is -0.140. The fourth-order valence-corrected chi connectivity index (χ4v) is 1.95. The van der Waals surface area contributed by atoms with Crippen LogP contribution in [0.1, 0.15) is 47.5 Å². The number of carboxylic acid groups (broad SMARTS) is 1. The van der Waals surface area contributed by atoms with Crippen molar-refractivity contribution in [1.29, 1.82) is 0 Å². The molecule has 0 saturated heterocycles. The Kier molecular flexibility index (Phi) is 8.19. The van der Waals surface area contributed by atoms with E-state index in [1.165, 1.54) is 0 Å². The molecule has 0 bridgehead atoms. The van der Waals surface area contributed by atoms with E-state index in [4.69, 9.17) is 5.11 Å². The monoisotopic (exact) mass is 272 g/mol. The van der Waals surface area contributed by atoms with E-state index in [0.29, 0.717) is 19.0 Å². The van der Waals surface area contributed by atoms with Crippen LogP contribution in [0.5, 0.6) is 0 Å². The van der Waals surface area contributed by atoms with E-state index >= 15 is 0 Å². The van der Waals surface area contributed by atoms with Crippen LogP contribution in [0.3, 0.4) is 0 Å². The van der Waals surface area contributed by atoms with Gasteiger partial charge in [-0.05, 0) is 18.8 Å². The van der Waals surface area contributed by atoms with Crippen LogP contribution >= 0.6 is 0 Å². The van der Waals surface area contributed by atoms with E-state index in [9.17, 15) is 9.59 Å². The highest BCUT2D eigenvalue weighted by Crippen LogP contribution is 2.10. The van der Waals surface area contributed by atoms with Crippen LogP contribution in [0.15, 0.2) is 0 Å². The van der Waals surface area contributed by atoms with Gasteiger partial charge in [-0.25, -0.2) is 9.59 Å². The number of hydrogen-bond donors (Lipinski definition) is 2. The average molecular weight is 272 g/mol. The Morgan fingerprint density at radius 3 is 2.00 bits per heavy atom. The number of urea groups is 1. The highest BCUT2D eigenvalue weighted by atomic mass is 16.4. The van der Waals surface area contributed by atoms with Crippen molar-refractivity contribution in [2.45, 2.75) is 53.5 Å². The van der Waals surface area contributed by atoms with Crippen LogP contribution in [-0.2, 0) is 4.79 Å². The van der Waals surface area contributed by atoms with E-state index < -0.39 is 12.0 Å². The molecule has 0 aliphatic heterocycles. The average Bonchev–Trinajstić information content (AvgIpc) is 2.36. The predicted octanol–water partition coefficient (Wildman–Crippen LogP) is 2.56. The Hall–Kier alpha value is -1.26. The Balaban J connectivity index is 4.62. The summed E-state index contributed by atoms with van der Waals surface area (Å²) in [5, 5.41) is 11.7. The number of carbonyl (C=O) groups excluding carboxylic acids is 1. The second kappa shape index (κ2) is 8.77. The van der Waals surface area contributed by atoms with E-state index in [1.807, 2.05) is 6.92 Å². The molecule has 0 spiro atoms. The quantitative estimate of drug-likeness (QED) is 0.713. The van der Waals surface area contributed by atoms with Crippen molar-refractivity contribution in [2.75, 3.05) is 13.1 Å². The first-order chi connectivity index (χ1) is 8.87. The largest absolute Gasteiger partial charge is 0.480 e. The molecule has 0 aliphatic rings. The first-order valence-corrected chi connectivity index (χ1v) is 7.15. The van der Waals surface area contributed by atoms with Gasteiger partial charge in [-0.2, -0.15) is 0 Å². The summed E-state index contributed by atoms with van der Waals surface area (Å²) in [6.07, 6.45) is 2.04. The number of hydrogen-bond acceptors (Lipinski definition) is 2. The van der Waals surface area contributed by atoms with Crippen LogP contribution in [0.4, 0.5) is 4.79 Å².